The highest BCUT2D eigenvalue weighted by atomic mass is 19.1. The number of pyridine rings is 1. The maximum atomic E-state index is 14.5. The van der Waals surface area contributed by atoms with E-state index in [0.29, 0.717) is 42.0 Å². The normalized spacial score (nSPS) is 18.4. The molecule has 3 rings (SSSR count). The first-order valence-corrected chi connectivity index (χ1v) is 8.46. The number of fused-ring (bicyclic) bond motifs is 1. The molecule has 0 aromatic carbocycles. The Hall–Kier alpha value is -2.55. The summed E-state index contributed by atoms with van der Waals surface area (Å²) in [5, 5.41) is 3.12. The number of anilines is 1. The number of halogens is 1. The third kappa shape index (κ3) is 2.82. The maximum absolute atomic E-state index is 14.5. The highest BCUT2D eigenvalue weighted by molar-refractivity contribution is 5.94. The Morgan fingerprint density at radius 2 is 1.92 bits per heavy atom. The van der Waals surface area contributed by atoms with E-state index in [4.69, 9.17) is 0 Å². The zero-order valence-corrected chi connectivity index (χ0v) is 15.6. The van der Waals surface area contributed by atoms with Crippen LogP contribution in [0.25, 0.3) is 11.0 Å². The Bertz CT molecular complexity index is 941. The minimum absolute atomic E-state index is 0.176. The van der Waals surface area contributed by atoms with Gasteiger partial charge in [-0.2, -0.15) is 4.98 Å². The fourth-order valence-electron chi connectivity index (χ4n) is 3.41. The lowest BCUT2D eigenvalue weighted by molar-refractivity contribution is -0.122. The van der Waals surface area contributed by atoms with E-state index in [2.05, 4.69) is 15.3 Å². The molecule has 0 saturated carbocycles. The van der Waals surface area contributed by atoms with Gasteiger partial charge in [-0.05, 0) is 20.9 Å². The van der Waals surface area contributed by atoms with Gasteiger partial charge in [0.1, 0.15) is 23.3 Å². The number of rotatable bonds is 2. The van der Waals surface area contributed by atoms with E-state index >= 15 is 0 Å². The van der Waals surface area contributed by atoms with Gasteiger partial charge in [0.25, 0.3) is 0 Å². The number of amides is 1. The molecule has 8 nitrogen and oxygen atoms in total. The van der Waals surface area contributed by atoms with Crippen LogP contribution in [0.2, 0.25) is 0 Å². The molecular formula is C17H23FN6O2. The lowest BCUT2D eigenvalue weighted by atomic mass is 10.1. The van der Waals surface area contributed by atoms with Crippen LogP contribution >= 0.6 is 0 Å². The van der Waals surface area contributed by atoms with Crippen LogP contribution in [-0.2, 0) is 11.8 Å². The monoisotopic (exact) mass is 362 g/mol. The molecule has 1 aliphatic rings. The van der Waals surface area contributed by atoms with Gasteiger partial charge in [-0.25, -0.2) is 14.2 Å². The van der Waals surface area contributed by atoms with Crippen molar-refractivity contribution in [2.75, 3.05) is 38.6 Å². The summed E-state index contributed by atoms with van der Waals surface area (Å²) in [6, 6.07) is -0.523. The second-order valence-electron chi connectivity index (χ2n) is 6.70. The summed E-state index contributed by atoms with van der Waals surface area (Å²) in [4.78, 5) is 37.1. The Morgan fingerprint density at radius 1 is 1.23 bits per heavy atom. The van der Waals surface area contributed by atoms with Crippen LogP contribution in [0, 0.1) is 19.7 Å². The van der Waals surface area contributed by atoms with Gasteiger partial charge in [-0.1, -0.05) is 0 Å². The summed E-state index contributed by atoms with van der Waals surface area (Å²) in [6.45, 7) is 4.90. The molecule has 26 heavy (non-hydrogen) atoms. The van der Waals surface area contributed by atoms with Crippen molar-refractivity contribution in [3.05, 3.63) is 27.6 Å². The van der Waals surface area contributed by atoms with Gasteiger partial charge in [-0.3, -0.25) is 9.36 Å². The molecule has 140 valence electrons. The Labute approximate surface area is 150 Å². The smallest absolute Gasteiger partial charge is 0.350 e. The van der Waals surface area contributed by atoms with E-state index in [1.165, 1.54) is 4.57 Å². The van der Waals surface area contributed by atoms with Gasteiger partial charge < -0.3 is 15.1 Å². The van der Waals surface area contributed by atoms with Gasteiger partial charge in [0.05, 0.1) is 11.1 Å². The molecule has 0 aliphatic carbocycles. The van der Waals surface area contributed by atoms with Crippen molar-refractivity contribution in [2.45, 2.75) is 19.9 Å². The largest absolute Gasteiger partial charge is 0.357 e. The number of hydrogen-bond donors (Lipinski definition) is 1. The molecule has 3 heterocycles. The van der Waals surface area contributed by atoms with Crippen molar-refractivity contribution in [1.82, 2.24) is 24.8 Å². The zero-order valence-electron chi connectivity index (χ0n) is 15.6. The number of nitrogens with zero attached hydrogens (tertiary/aromatic N) is 5. The summed E-state index contributed by atoms with van der Waals surface area (Å²) >= 11 is 0. The van der Waals surface area contributed by atoms with Gasteiger partial charge in [-0.15, -0.1) is 0 Å². The predicted octanol–water partition coefficient (Wildman–Crippen LogP) is -0.0492. The molecule has 1 amide bonds. The molecule has 0 radical (unpaired) electrons. The van der Waals surface area contributed by atoms with Crippen LogP contribution in [0.5, 0.6) is 0 Å². The highest BCUT2D eigenvalue weighted by Gasteiger charge is 2.33. The minimum Gasteiger partial charge on any atom is -0.357 e. The number of likely N-dealkylation sites (N-methyl/N-ethyl adjacent to an activating group) is 2. The van der Waals surface area contributed by atoms with E-state index in [-0.39, 0.29) is 11.6 Å². The number of aromatic nitrogens is 3. The second-order valence-corrected chi connectivity index (χ2v) is 6.70. The van der Waals surface area contributed by atoms with Crippen molar-refractivity contribution >= 4 is 22.8 Å². The Morgan fingerprint density at radius 3 is 2.58 bits per heavy atom. The summed E-state index contributed by atoms with van der Waals surface area (Å²) in [7, 11) is 5.06. The molecule has 1 aliphatic heterocycles. The molecule has 1 atom stereocenters. The van der Waals surface area contributed by atoms with E-state index in [0.717, 1.165) is 0 Å². The standard InChI is InChI=1S/C17H23FN6O2/c1-9-12-14(20-10(2)13(9)18)23(5)17(26)21-15(12)24-7-6-22(4)8-11(24)16(25)19-3/h11H,6-8H2,1-5H3,(H,19,25). The molecular weight excluding hydrogens is 339 g/mol. The molecule has 0 bridgehead atoms. The molecule has 2 aromatic rings. The molecule has 1 unspecified atom stereocenters. The van der Waals surface area contributed by atoms with Crippen LogP contribution in [0.4, 0.5) is 10.2 Å². The predicted molar refractivity (Wildman–Crippen MR) is 96.9 cm³/mol. The lowest BCUT2D eigenvalue weighted by Crippen LogP contribution is -2.58. The maximum Gasteiger partial charge on any atom is 0.350 e. The van der Waals surface area contributed by atoms with Crippen LogP contribution in [-0.4, -0.2) is 65.1 Å². The van der Waals surface area contributed by atoms with Crippen molar-refractivity contribution in [3.8, 4) is 0 Å². The van der Waals surface area contributed by atoms with Gasteiger partial charge in [0.15, 0.2) is 0 Å². The van der Waals surface area contributed by atoms with Crippen molar-refractivity contribution in [3.63, 3.8) is 0 Å². The average Bonchev–Trinajstić information content (AvgIpc) is 2.62. The summed E-state index contributed by atoms with van der Waals surface area (Å²) in [5.41, 5.74) is 0.481. The first kappa shape index (κ1) is 18.2. The highest BCUT2D eigenvalue weighted by Crippen LogP contribution is 2.30. The number of hydrogen-bond acceptors (Lipinski definition) is 6. The second kappa shape index (κ2) is 6.64. The number of piperazine rings is 1. The molecule has 1 N–H and O–H groups in total. The number of carbonyl (C=O) groups is 1. The quantitative estimate of drug-likeness (QED) is 0.807. The first-order chi connectivity index (χ1) is 12.3. The molecule has 1 saturated heterocycles. The number of aryl methyl sites for hydroxylation is 3. The molecule has 2 aromatic heterocycles. The summed E-state index contributed by atoms with van der Waals surface area (Å²) in [6.07, 6.45) is 0. The van der Waals surface area contributed by atoms with Crippen molar-refractivity contribution in [1.29, 1.82) is 0 Å². The summed E-state index contributed by atoms with van der Waals surface area (Å²) in [5.74, 6) is -0.288. The van der Waals surface area contributed by atoms with Gasteiger partial charge in [0, 0.05) is 39.3 Å². The van der Waals surface area contributed by atoms with E-state index in [9.17, 15) is 14.0 Å². The van der Waals surface area contributed by atoms with Crippen LogP contribution in [0.15, 0.2) is 4.79 Å². The van der Waals surface area contributed by atoms with E-state index in [1.807, 2.05) is 11.9 Å². The van der Waals surface area contributed by atoms with Gasteiger partial charge in [0.2, 0.25) is 5.91 Å². The first-order valence-electron chi connectivity index (χ1n) is 8.46. The molecule has 9 heteroatoms. The van der Waals surface area contributed by atoms with Crippen LogP contribution in [0.3, 0.4) is 0 Å². The van der Waals surface area contributed by atoms with Gasteiger partial charge >= 0.3 is 5.69 Å². The number of nitrogens with one attached hydrogen (secondary N) is 1. The SMILES string of the molecule is CNC(=O)C1CN(C)CCN1c1nc(=O)n(C)c2nc(C)c(F)c(C)c12. The molecule has 1 fully saturated rings. The van der Waals surface area contributed by atoms with Crippen LogP contribution < -0.4 is 15.9 Å². The fraction of sp³-hybridized carbons (Fsp3) is 0.529. The third-order valence-electron chi connectivity index (χ3n) is 4.95. The molecule has 0 spiro atoms. The average molecular weight is 362 g/mol. The van der Waals surface area contributed by atoms with Crippen LogP contribution in [0.1, 0.15) is 11.3 Å². The van der Waals surface area contributed by atoms with Crippen molar-refractivity contribution in [2.24, 2.45) is 7.05 Å². The minimum atomic E-state index is -0.523. The topological polar surface area (TPSA) is 83.4 Å². The lowest BCUT2D eigenvalue weighted by Gasteiger charge is -2.40. The van der Waals surface area contributed by atoms with E-state index in [1.54, 1.807) is 32.8 Å². The number of carbonyl (C=O) groups excluding carboxylic acids is 1. The van der Waals surface area contributed by atoms with E-state index < -0.39 is 17.5 Å². The van der Waals surface area contributed by atoms with Crippen molar-refractivity contribution < 1.29 is 9.18 Å². The fourth-order valence-corrected chi connectivity index (χ4v) is 3.41. The Balaban J connectivity index is 2.30. The third-order valence-corrected chi connectivity index (χ3v) is 4.95. The Kier molecular flexibility index (Phi) is 4.66. The zero-order chi connectivity index (χ0) is 19.2. The summed E-state index contributed by atoms with van der Waals surface area (Å²) < 4.78 is 15.8.